The number of nitrogens with zero attached hydrogens (tertiary/aromatic N) is 1. The van der Waals surface area contributed by atoms with E-state index in [-0.39, 0.29) is 0 Å². The Morgan fingerprint density at radius 3 is 2.68 bits per heavy atom. The Morgan fingerprint density at radius 1 is 1.16 bits per heavy atom. The molecule has 3 nitrogen and oxygen atoms in total. The van der Waals surface area contributed by atoms with Crippen molar-refractivity contribution in [3.8, 4) is 5.75 Å². The third-order valence-corrected chi connectivity index (χ3v) is 3.10. The van der Waals surface area contributed by atoms with Crippen molar-refractivity contribution in [3.63, 3.8) is 0 Å². The molecule has 0 amide bonds. The number of halogens is 2. The van der Waals surface area contributed by atoms with Crippen LogP contribution in [-0.4, -0.2) is 11.4 Å². The zero-order chi connectivity index (χ0) is 13.7. The maximum Gasteiger partial charge on any atom is 0.128 e. The molecule has 5 heteroatoms. The first-order valence-corrected chi connectivity index (χ1v) is 6.29. The molecule has 0 fully saturated rings. The maximum absolute atomic E-state index is 8.58. The largest absolute Gasteiger partial charge is 0.488 e. The van der Waals surface area contributed by atoms with Crippen molar-refractivity contribution in [2.24, 2.45) is 5.16 Å². The second-order valence-corrected chi connectivity index (χ2v) is 4.65. The van der Waals surface area contributed by atoms with Gasteiger partial charge in [0.25, 0.3) is 0 Å². The van der Waals surface area contributed by atoms with Crippen LogP contribution in [0.25, 0.3) is 0 Å². The molecule has 0 spiro atoms. The molecule has 19 heavy (non-hydrogen) atoms. The van der Waals surface area contributed by atoms with Crippen LogP contribution in [0.1, 0.15) is 11.1 Å². The van der Waals surface area contributed by atoms with E-state index in [1.807, 2.05) is 18.2 Å². The minimum absolute atomic E-state index is 0.312. The average molecular weight is 296 g/mol. The van der Waals surface area contributed by atoms with Crippen molar-refractivity contribution in [3.05, 3.63) is 63.6 Å². The van der Waals surface area contributed by atoms with Crippen molar-refractivity contribution >= 4 is 29.4 Å². The fraction of sp³-hybridized carbons (Fsp3) is 0.0714. The molecule has 2 aromatic rings. The Hall–Kier alpha value is -1.71. The summed E-state index contributed by atoms with van der Waals surface area (Å²) in [6, 6.07) is 12.5. The lowest BCUT2D eigenvalue weighted by molar-refractivity contribution is 0.304. The van der Waals surface area contributed by atoms with Gasteiger partial charge in [-0.25, -0.2) is 0 Å². The van der Waals surface area contributed by atoms with Gasteiger partial charge in [0.2, 0.25) is 0 Å². The third-order valence-electron chi connectivity index (χ3n) is 2.51. The normalized spacial score (nSPS) is 10.8. The van der Waals surface area contributed by atoms with E-state index in [1.165, 1.54) is 6.21 Å². The summed E-state index contributed by atoms with van der Waals surface area (Å²) in [6.07, 6.45) is 1.32. The molecule has 98 valence electrons. The third kappa shape index (κ3) is 3.63. The van der Waals surface area contributed by atoms with Gasteiger partial charge in [-0.2, -0.15) is 0 Å². The van der Waals surface area contributed by atoms with Gasteiger partial charge in [0.1, 0.15) is 12.4 Å². The lowest BCUT2D eigenvalue weighted by Gasteiger charge is -2.10. The van der Waals surface area contributed by atoms with Gasteiger partial charge in [-0.15, -0.1) is 0 Å². The molecule has 0 saturated carbocycles. The Morgan fingerprint density at radius 2 is 1.95 bits per heavy atom. The molecule has 2 aromatic carbocycles. The highest BCUT2D eigenvalue weighted by molar-refractivity contribution is 6.35. The highest BCUT2D eigenvalue weighted by atomic mass is 35.5. The van der Waals surface area contributed by atoms with E-state index < -0.39 is 0 Å². The zero-order valence-corrected chi connectivity index (χ0v) is 11.4. The second-order valence-electron chi connectivity index (χ2n) is 3.81. The number of benzene rings is 2. The molecule has 0 bridgehead atoms. The molecule has 0 aliphatic carbocycles. The summed E-state index contributed by atoms with van der Waals surface area (Å²) in [5.74, 6) is 0.617. The molecule has 0 aliphatic rings. The van der Waals surface area contributed by atoms with Gasteiger partial charge < -0.3 is 9.94 Å². The summed E-state index contributed by atoms with van der Waals surface area (Å²) >= 11 is 11.9. The Balaban J connectivity index is 2.14. The van der Waals surface area contributed by atoms with Gasteiger partial charge in [-0.05, 0) is 24.3 Å². The number of hydrogen-bond donors (Lipinski definition) is 1. The predicted octanol–water partition coefficient (Wildman–Crippen LogP) is 4.38. The van der Waals surface area contributed by atoms with Gasteiger partial charge in [-0.1, -0.05) is 46.6 Å². The number of oxime groups is 1. The van der Waals surface area contributed by atoms with E-state index in [0.717, 1.165) is 5.56 Å². The predicted molar refractivity (Wildman–Crippen MR) is 76.6 cm³/mol. The summed E-state index contributed by atoms with van der Waals surface area (Å²) in [4.78, 5) is 0. The molecule has 0 saturated heterocycles. The molecule has 0 aromatic heterocycles. The van der Waals surface area contributed by atoms with Crippen LogP contribution in [0.2, 0.25) is 10.0 Å². The molecule has 0 unspecified atom stereocenters. The average Bonchev–Trinajstić information content (AvgIpc) is 2.40. The lowest BCUT2D eigenvalue weighted by atomic mass is 10.2. The van der Waals surface area contributed by atoms with E-state index >= 15 is 0 Å². The van der Waals surface area contributed by atoms with Crippen molar-refractivity contribution in [2.45, 2.75) is 6.61 Å². The lowest BCUT2D eigenvalue weighted by Crippen LogP contribution is -1.99. The number of hydrogen-bond acceptors (Lipinski definition) is 3. The van der Waals surface area contributed by atoms with Crippen LogP contribution in [0, 0.1) is 0 Å². The molecule has 0 heterocycles. The van der Waals surface area contributed by atoms with E-state index in [4.69, 9.17) is 33.1 Å². The molecular formula is C14H11Cl2NO2. The number of para-hydroxylation sites is 1. The highest BCUT2D eigenvalue weighted by Crippen LogP contribution is 2.23. The first-order valence-electron chi connectivity index (χ1n) is 5.54. The highest BCUT2D eigenvalue weighted by Gasteiger charge is 2.05. The smallest absolute Gasteiger partial charge is 0.128 e. The van der Waals surface area contributed by atoms with Crippen LogP contribution in [-0.2, 0) is 6.61 Å². The number of ether oxygens (including phenoxy) is 1. The van der Waals surface area contributed by atoms with Crippen LogP contribution in [0.5, 0.6) is 5.75 Å². The van der Waals surface area contributed by atoms with Gasteiger partial charge in [0.05, 0.1) is 6.21 Å². The van der Waals surface area contributed by atoms with Crippen LogP contribution in [0.3, 0.4) is 0 Å². The fourth-order valence-electron chi connectivity index (χ4n) is 1.58. The molecule has 2 rings (SSSR count). The summed E-state index contributed by atoms with van der Waals surface area (Å²) in [7, 11) is 0. The Kier molecular flexibility index (Phi) is 4.66. The molecular weight excluding hydrogens is 285 g/mol. The van der Waals surface area contributed by atoms with Crippen molar-refractivity contribution in [2.75, 3.05) is 0 Å². The van der Waals surface area contributed by atoms with E-state index in [1.54, 1.807) is 24.3 Å². The molecule has 1 N–H and O–H groups in total. The maximum atomic E-state index is 8.58. The first-order chi connectivity index (χ1) is 9.20. The monoisotopic (exact) mass is 295 g/mol. The van der Waals surface area contributed by atoms with Gasteiger partial charge in [0, 0.05) is 21.2 Å². The van der Waals surface area contributed by atoms with E-state index in [9.17, 15) is 0 Å². The van der Waals surface area contributed by atoms with Crippen LogP contribution in [0.15, 0.2) is 47.6 Å². The van der Waals surface area contributed by atoms with Crippen LogP contribution < -0.4 is 4.74 Å². The molecule has 0 atom stereocenters. The van der Waals surface area contributed by atoms with Crippen LogP contribution >= 0.6 is 23.2 Å². The van der Waals surface area contributed by atoms with E-state index in [2.05, 4.69) is 5.16 Å². The molecule has 0 radical (unpaired) electrons. The van der Waals surface area contributed by atoms with Gasteiger partial charge >= 0.3 is 0 Å². The Bertz CT molecular complexity index is 600. The van der Waals surface area contributed by atoms with E-state index in [0.29, 0.717) is 28.0 Å². The van der Waals surface area contributed by atoms with Gasteiger partial charge in [0.15, 0.2) is 0 Å². The summed E-state index contributed by atoms with van der Waals surface area (Å²) in [6.45, 7) is 0.312. The number of rotatable bonds is 4. The standard InChI is InChI=1S/C14H11Cl2NO2/c15-12-6-5-11(13(16)7-12)9-19-14-4-2-1-3-10(14)8-17-18/h1-8,18H,9H2/b17-8-. The van der Waals surface area contributed by atoms with Crippen LogP contribution in [0.4, 0.5) is 0 Å². The molecule has 0 aliphatic heterocycles. The Labute approximate surface area is 121 Å². The second kappa shape index (κ2) is 6.45. The minimum atomic E-state index is 0.312. The minimum Gasteiger partial charge on any atom is -0.488 e. The summed E-state index contributed by atoms with van der Waals surface area (Å²) in [5, 5.41) is 12.7. The van der Waals surface area contributed by atoms with Crippen molar-refractivity contribution in [1.82, 2.24) is 0 Å². The van der Waals surface area contributed by atoms with Crippen molar-refractivity contribution < 1.29 is 9.94 Å². The topological polar surface area (TPSA) is 41.8 Å². The van der Waals surface area contributed by atoms with Crippen molar-refractivity contribution in [1.29, 1.82) is 0 Å². The summed E-state index contributed by atoms with van der Waals surface area (Å²) < 4.78 is 5.67. The van der Waals surface area contributed by atoms with Gasteiger partial charge in [-0.3, -0.25) is 0 Å². The summed E-state index contributed by atoms with van der Waals surface area (Å²) in [5.41, 5.74) is 1.52. The quantitative estimate of drug-likeness (QED) is 0.517. The zero-order valence-electron chi connectivity index (χ0n) is 9.88. The fourth-order valence-corrected chi connectivity index (χ4v) is 2.04. The first kappa shape index (κ1) is 13.7. The SMILES string of the molecule is O/N=C\c1ccccc1OCc1ccc(Cl)cc1Cl.